The number of anilines is 1. The lowest BCUT2D eigenvalue weighted by Gasteiger charge is -2.31. The van der Waals surface area contributed by atoms with Crippen molar-refractivity contribution in [2.24, 2.45) is 0 Å². The van der Waals surface area contributed by atoms with E-state index in [0.717, 1.165) is 10.1 Å². The first-order valence-electron chi connectivity index (χ1n) is 9.47. The monoisotopic (exact) mass is 412 g/mol. The van der Waals surface area contributed by atoms with E-state index in [1.807, 2.05) is 11.8 Å². The summed E-state index contributed by atoms with van der Waals surface area (Å²) >= 11 is 0. The molecule has 0 aliphatic carbocycles. The molecular weight excluding hydrogens is 386 g/mol. The van der Waals surface area contributed by atoms with Gasteiger partial charge in [0.1, 0.15) is 5.82 Å². The molecule has 0 bridgehead atoms. The summed E-state index contributed by atoms with van der Waals surface area (Å²) in [5, 5.41) is 11.3. The minimum absolute atomic E-state index is 0.0345. The van der Waals surface area contributed by atoms with Crippen LogP contribution in [0.2, 0.25) is 0 Å². The van der Waals surface area contributed by atoms with Crippen LogP contribution in [0.15, 0.2) is 28.5 Å². The Hall–Kier alpha value is -2.53. The average Bonchev–Trinajstić information content (AvgIpc) is 2.94. The van der Waals surface area contributed by atoms with Gasteiger partial charge in [-0.2, -0.15) is 4.98 Å². The Labute approximate surface area is 167 Å². The Kier molecular flexibility index (Phi) is 6.18. The number of hydrogen-bond donors (Lipinski definition) is 3. The Bertz CT molecular complexity index is 856. The van der Waals surface area contributed by atoms with Crippen molar-refractivity contribution in [1.29, 1.82) is 5.41 Å². The molecule has 4 N–H and O–H groups in total. The molecule has 0 spiro atoms. The minimum atomic E-state index is -3.21. The largest absolute Gasteiger partial charge is 0.479 e. The van der Waals surface area contributed by atoms with Crippen molar-refractivity contribution in [1.82, 2.24) is 19.8 Å². The number of piperidine rings is 1. The predicted molar refractivity (Wildman–Crippen MR) is 103 cm³/mol. The van der Waals surface area contributed by atoms with Crippen LogP contribution in [-0.2, 0) is 9.47 Å². The quantitative estimate of drug-likeness (QED) is 0.595. The molecule has 9 nitrogen and oxygen atoms in total. The highest BCUT2D eigenvalue weighted by atomic mass is 19.3. The van der Waals surface area contributed by atoms with Crippen LogP contribution >= 0.6 is 0 Å². The lowest BCUT2D eigenvalue weighted by Crippen LogP contribution is -2.42. The summed E-state index contributed by atoms with van der Waals surface area (Å²) in [5.74, 6) is -2.67. The first kappa shape index (κ1) is 21.2. The molecule has 0 unspecified atom stereocenters. The molecule has 0 radical (unpaired) electrons. The zero-order chi connectivity index (χ0) is 21.2. The van der Waals surface area contributed by atoms with Gasteiger partial charge in [-0.25, -0.2) is 13.6 Å². The Morgan fingerprint density at radius 3 is 2.93 bits per heavy atom. The number of nitrogens with one attached hydrogen (secondary N) is 2. The fourth-order valence-corrected chi connectivity index (χ4v) is 3.68. The second-order valence-corrected chi connectivity index (χ2v) is 7.07. The van der Waals surface area contributed by atoms with Crippen molar-refractivity contribution >= 4 is 11.5 Å². The number of nitrogen functional groups attached to an aromatic ring is 1. The van der Waals surface area contributed by atoms with Crippen molar-refractivity contribution in [2.45, 2.75) is 38.0 Å². The number of alkyl halides is 2. The molecule has 29 heavy (non-hydrogen) atoms. The highest BCUT2D eigenvalue weighted by molar-refractivity contribution is 6.00. The zero-order valence-corrected chi connectivity index (χ0v) is 16.5. The maximum atomic E-state index is 14.5. The molecule has 0 amide bonds. The van der Waals surface area contributed by atoms with Crippen LogP contribution in [0.3, 0.4) is 0 Å². The maximum absolute atomic E-state index is 14.5. The Morgan fingerprint density at radius 2 is 2.31 bits per heavy atom. The van der Waals surface area contributed by atoms with Crippen LogP contribution in [0.25, 0.3) is 0 Å². The van der Waals surface area contributed by atoms with Gasteiger partial charge in [-0.15, -0.1) is 0 Å². The van der Waals surface area contributed by atoms with Gasteiger partial charge in [0.2, 0.25) is 6.23 Å². The summed E-state index contributed by atoms with van der Waals surface area (Å²) in [7, 11) is 1.74. The molecule has 3 heterocycles. The van der Waals surface area contributed by atoms with E-state index in [1.54, 1.807) is 7.05 Å². The van der Waals surface area contributed by atoms with E-state index < -0.39 is 30.4 Å². The smallest absolute Gasteiger partial charge is 0.351 e. The van der Waals surface area contributed by atoms with Gasteiger partial charge in [-0.1, -0.05) is 0 Å². The highest BCUT2D eigenvalue weighted by Gasteiger charge is 2.52. The van der Waals surface area contributed by atoms with E-state index in [1.165, 1.54) is 12.3 Å². The number of nitrogens with two attached hydrogens (primary N) is 1. The van der Waals surface area contributed by atoms with Crippen molar-refractivity contribution in [3.8, 4) is 0 Å². The third kappa shape index (κ3) is 4.56. The molecule has 160 valence electrons. The molecule has 2 aliphatic rings. The van der Waals surface area contributed by atoms with Crippen molar-refractivity contribution in [3.05, 3.63) is 34.2 Å². The molecule has 2 fully saturated rings. The van der Waals surface area contributed by atoms with Crippen LogP contribution in [0.5, 0.6) is 0 Å². The summed E-state index contributed by atoms with van der Waals surface area (Å²) in [6, 6.07) is 1.28. The minimum Gasteiger partial charge on any atom is -0.479 e. The first-order valence-corrected chi connectivity index (χ1v) is 9.47. The van der Waals surface area contributed by atoms with Crippen molar-refractivity contribution in [3.63, 3.8) is 0 Å². The third-order valence-electron chi connectivity index (χ3n) is 4.96. The molecule has 11 heteroatoms. The number of likely N-dealkylation sites (tertiary alicyclic amines) is 1. The van der Waals surface area contributed by atoms with Crippen LogP contribution in [-0.4, -0.2) is 65.5 Å². The molecular formula is C18H26F2N6O3. The molecule has 1 aromatic heterocycles. The summed E-state index contributed by atoms with van der Waals surface area (Å²) < 4.78 is 40.9. The number of aromatic nitrogens is 2. The normalized spacial score (nSPS) is 26.4. The topological polar surface area (TPSA) is 118 Å². The number of ether oxygens (including phenoxy) is 2. The van der Waals surface area contributed by atoms with Gasteiger partial charge in [0.25, 0.3) is 5.92 Å². The fraction of sp³-hybridized carbons (Fsp3) is 0.611. The van der Waals surface area contributed by atoms with E-state index in [2.05, 4.69) is 10.3 Å². The second kappa shape index (κ2) is 8.46. The maximum Gasteiger partial charge on any atom is 0.351 e. The lowest BCUT2D eigenvalue weighted by atomic mass is 10.0. The van der Waals surface area contributed by atoms with Crippen LogP contribution in [0.1, 0.15) is 26.0 Å². The van der Waals surface area contributed by atoms with E-state index in [9.17, 15) is 13.6 Å². The standard InChI is InChI=1S/C18H26F2N6O3/c1-3-28-15(23-2)12-4-6-25(10-13(12)21)9-11-8-18(19,20)16(29-11)26-7-5-14(22)24-17(26)27/h5,7,11,16,21,23H,3-4,6,8-10H2,1-2H3,(H2,22,24,27)/b15-12+,21-13?/t11-,16+/m0/s1. The van der Waals surface area contributed by atoms with Gasteiger partial charge in [-0.3, -0.25) is 9.47 Å². The summed E-state index contributed by atoms with van der Waals surface area (Å²) in [6.45, 7) is 3.50. The predicted octanol–water partition coefficient (Wildman–Crippen LogP) is 0.941. The average molecular weight is 412 g/mol. The SMILES string of the molecule is CCO/C(NC)=C1\CCN(C[C@@H]2CC(F)(F)[C@H](n3ccc(N)nc3=O)O2)CC1=N. The van der Waals surface area contributed by atoms with E-state index >= 15 is 0 Å². The Balaban J connectivity index is 1.67. The van der Waals surface area contributed by atoms with Crippen LogP contribution < -0.4 is 16.7 Å². The van der Waals surface area contributed by atoms with Gasteiger partial charge in [0.05, 0.1) is 18.4 Å². The summed E-state index contributed by atoms with van der Waals surface area (Å²) in [5.41, 5.74) is 5.72. The molecule has 2 saturated heterocycles. The molecule has 2 atom stereocenters. The molecule has 3 rings (SSSR count). The van der Waals surface area contributed by atoms with Gasteiger partial charge >= 0.3 is 5.69 Å². The lowest BCUT2D eigenvalue weighted by molar-refractivity contribution is -0.118. The molecule has 1 aromatic rings. The van der Waals surface area contributed by atoms with Gasteiger partial charge in [-0.05, 0) is 19.4 Å². The van der Waals surface area contributed by atoms with Crippen LogP contribution in [0, 0.1) is 5.41 Å². The molecule has 0 aromatic carbocycles. The van der Waals surface area contributed by atoms with E-state index in [-0.39, 0.29) is 12.4 Å². The van der Waals surface area contributed by atoms with Crippen LogP contribution in [0.4, 0.5) is 14.6 Å². The van der Waals surface area contributed by atoms with Gasteiger partial charge < -0.3 is 25.9 Å². The van der Waals surface area contributed by atoms with E-state index in [4.69, 9.17) is 20.6 Å². The summed E-state index contributed by atoms with van der Waals surface area (Å²) in [4.78, 5) is 17.3. The third-order valence-corrected chi connectivity index (χ3v) is 4.96. The summed E-state index contributed by atoms with van der Waals surface area (Å²) in [6.07, 6.45) is -1.26. The van der Waals surface area contributed by atoms with Gasteiger partial charge in [0, 0.05) is 44.9 Å². The highest BCUT2D eigenvalue weighted by Crippen LogP contribution is 2.42. The van der Waals surface area contributed by atoms with Crippen molar-refractivity contribution < 1.29 is 18.3 Å². The van der Waals surface area contributed by atoms with Gasteiger partial charge in [0.15, 0.2) is 5.88 Å². The molecule has 0 saturated carbocycles. The second-order valence-electron chi connectivity index (χ2n) is 7.07. The fourth-order valence-electron chi connectivity index (χ4n) is 3.68. The Morgan fingerprint density at radius 1 is 1.55 bits per heavy atom. The number of nitrogens with zero attached hydrogens (tertiary/aromatic N) is 3. The number of hydrogen-bond acceptors (Lipinski definition) is 8. The van der Waals surface area contributed by atoms with Crippen molar-refractivity contribution in [2.75, 3.05) is 39.0 Å². The van der Waals surface area contributed by atoms with E-state index in [0.29, 0.717) is 37.7 Å². The number of rotatable bonds is 6. The first-order chi connectivity index (χ1) is 13.7. The number of halogens is 2. The molecule has 2 aliphatic heterocycles. The zero-order valence-electron chi connectivity index (χ0n) is 16.5.